The van der Waals surface area contributed by atoms with Crippen molar-refractivity contribution in [3.8, 4) is 0 Å². The fourth-order valence-electron chi connectivity index (χ4n) is 2.72. The summed E-state index contributed by atoms with van der Waals surface area (Å²) in [6, 6.07) is 6.46. The van der Waals surface area contributed by atoms with Gasteiger partial charge in [-0.15, -0.1) is 0 Å². The van der Waals surface area contributed by atoms with Gasteiger partial charge in [-0.1, -0.05) is 0 Å². The summed E-state index contributed by atoms with van der Waals surface area (Å²) >= 11 is 0. The van der Waals surface area contributed by atoms with Gasteiger partial charge in [0, 0.05) is 13.2 Å². The predicted molar refractivity (Wildman–Crippen MR) is 71.7 cm³/mol. The number of hydrogen-bond acceptors (Lipinski definition) is 3. The van der Waals surface area contributed by atoms with Crippen LogP contribution in [-0.4, -0.2) is 35.2 Å². The molecule has 0 saturated heterocycles. The van der Waals surface area contributed by atoms with Gasteiger partial charge < -0.3 is 9.36 Å². The van der Waals surface area contributed by atoms with Crippen LogP contribution in [0.25, 0.3) is 10.9 Å². The van der Waals surface area contributed by atoms with E-state index in [0.717, 1.165) is 11.7 Å². The van der Waals surface area contributed by atoms with Gasteiger partial charge in [0.05, 0.1) is 17.8 Å². The number of fused-ring (bicyclic) bond motifs is 1. The standard InChI is InChI=1S/C14H14FN3O/c1-10-14(9-19,8-17(2)16-10)18-6-5-11-3-4-12(15)7-13(11)18/h3-7,9H,8H2,1-2H3. The Balaban J connectivity index is 2.26. The maximum Gasteiger partial charge on any atom is 0.159 e. The van der Waals surface area contributed by atoms with Crippen LogP contribution in [0.5, 0.6) is 0 Å². The third-order valence-corrected chi connectivity index (χ3v) is 3.70. The quantitative estimate of drug-likeness (QED) is 0.774. The van der Waals surface area contributed by atoms with Gasteiger partial charge in [-0.3, -0.25) is 5.01 Å². The fourth-order valence-corrected chi connectivity index (χ4v) is 2.72. The van der Waals surface area contributed by atoms with Crippen LogP contribution in [0.15, 0.2) is 35.6 Å². The van der Waals surface area contributed by atoms with E-state index in [1.807, 2.05) is 26.2 Å². The van der Waals surface area contributed by atoms with E-state index in [1.54, 1.807) is 15.6 Å². The van der Waals surface area contributed by atoms with Crippen LogP contribution in [0.4, 0.5) is 4.39 Å². The first-order valence-corrected chi connectivity index (χ1v) is 6.07. The predicted octanol–water partition coefficient (Wildman–Crippen LogP) is 2.00. The van der Waals surface area contributed by atoms with Crippen molar-refractivity contribution in [1.82, 2.24) is 9.58 Å². The van der Waals surface area contributed by atoms with Gasteiger partial charge in [0.1, 0.15) is 5.82 Å². The summed E-state index contributed by atoms with van der Waals surface area (Å²) in [6.45, 7) is 2.28. The van der Waals surface area contributed by atoms with Crippen molar-refractivity contribution < 1.29 is 9.18 Å². The van der Waals surface area contributed by atoms with E-state index >= 15 is 0 Å². The Bertz CT molecular complexity index is 691. The smallest absolute Gasteiger partial charge is 0.159 e. The Hall–Kier alpha value is -2.17. The van der Waals surface area contributed by atoms with Crippen molar-refractivity contribution >= 4 is 22.9 Å². The molecule has 1 aliphatic heterocycles. The van der Waals surface area contributed by atoms with Gasteiger partial charge in [-0.25, -0.2) is 4.39 Å². The summed E-state index contributed by atoms with van der Waals surface area (Å²) in [7, 11) is 1.82. The van der Waals surface area contributed by atoms with Crippen LogP contribution >= 0.6 is 0 Å². The molecule has 0 bridgehead atoms. The number of carbonyl (C=O) groups excluding carboxylic acids is 1. The van der Waals surface area contributed by atoms with Crippen LogP contribution in [0.3, 0.4) is 0 Å². The number of rotatable bonds is 2. The zero-order chi connectivity index (χ0) is 13.6. The highest BCUT2D eigenvalue weighted by Crippen LogP contribution is 2.29. The molecular weight excluding hydrogens is 245 g/mol. The molecule has 1 unspecified atom stereocenters. The van der Waals surface area contributed by atoms with E-state index < -0.39 is 5.54 Å². The summed E-state index contributed by atoms with van der Waals surface area (Å²) in [5.41, 5.74) is 0.577. The minimum Gasteiger partial charge on any atom is -0.328 e. The Morgan fingerprint density at radius 3 is 2.84 bits per heavy atom. The van der Waals surface area contributed by atoms with E-state index in [9.17, 15) is 9.18 Å². The Morgan fingerprint density at radius 2 is 2.21 bits per heavy atom. The Morgan fingerprint density at radius 1 is 1.42 bits per heavy atom. The molecule has 1 aliphatic rings. The highest BCUT2D eigenvalue weighted by Gasteiger charge is 2.41. The third-order valence-electron chi connectivity index (χ3n) is 3.70. The first-order valence-electron chi connectivity index (χ1n) is 6.07. The second kappa shape index (κ2) is 3.91. The SMILES string of the molecule is CC1=NN(C)CC1(C=O)n1ccc2ccc(F)cc21. The third kappa shape index (κ3) is 1.58. The van der Waals surface area contributed by atoms with Crippen molar-refractivity contribution in [1.29, 1.82) is 0 Å². The molecule has 0 spiro atoms. The molecule has 0 aliphatic carbocycles. The van der Waals surface area contributed by atoms with Gasteiger partial charge in [0.25, 0.3) is 0 Å². The largest absolute Gasteiger partial charge is 0.328 e. The maximum absolute atomic E-state index is 13.4. The number of aldehydes is 1. The molecule has 5 heteroatoms. The second-order valence-corrected chi connectivity index (χ2v) is 4.93. The molecule has 0 saturated carbocycles. The molecule has 1 aromatic heterocycles. The van der Waals surface area contributed by atoms with Gasteiger partial charge in [0.2, 0.25) is 0 Å². The average molecular weight is 259 g/mol. The average Bonchev–Trinajstić information content (AvgIpc) is 2.90. The number of carbonyl (C=O) groups is 1. The summed E-state index contributed by atoms with van der Waals surface area (Å²) in [5.74, 6) is -0.311. The van der Waals surface area contributed by atoms with Crippen LogP contribution in [0.1, 0.15) is 6.92 Å². The lowest BCUT2D eigenvalue weighted by molar-refractivity contribution is -0.112. The minimum atomic E-state index is -0.843. The Kier molecular flexibility index (Phi) is 2.45. The fraction of sp³-hybridized carbons (Fsp3) is 0.286. The second-order valence-electron chi connectivity index (χ2n) is 4.93. The van der Waals surface area contributed by atoms with E-state index in [1.165, 1.54) is 12.1 Å². The lowest BCUT2D eigenvalue weighted by atomic mass is 9.96. The monoisotopic (exact) mass is 259 g/mol. The highest BCUT2D eigenvalue weighted by molar-refractivity contribution is 6.05. The van der Waals surface area contributed by atoms with E-state index in [0.29, 0.717) is 17.8 Å². The normalized spacial score (nSPS) is 22.9. The lowest BCUT2D eigenvalue weighted by Gasteiger charge is -2.26. The van der Waals surface area contributed by atoms with Crippen molar-refractivity contribution in [3.05, 3.63) is 36.3 Å². The van der Waals surface area contributed by atoms with Crippen molar-refractivity contribution in [2.24, 2.45) is 5.10 Å². The molecule has 1 atom stereocenters. The first kappa shape index (κ1) is 11.9. The number of likely N-dealkylation sites (N-methyl/N-ethyl adjacent to an activating group) is 1. The summed E-state index contributed by atoms with van der Waals surface area (Å²) < 4.78 is 15.2. The van der Waals surface area contributed by atoms with Crippen LogP contribution in [-0.2, 0) is 10.3 Å². The molecule has 0 N–H and O–H groups in total. The maximum atomic E-state index is 13.4. The molecule has 2 aromatic rings. The van der Waals surface area contributed by atoms with Crippen molar-refractivity contribution in [2.45, 2.75) is 12.5 Å². The van der Waals surface area contributed by atoms with E-state index in [4.69, 9.17) is 0 Å². The number of benzene rings is 1. The molecule has 0 radical (unpaired) electrons. The minimum absolute atomic E-state index is 0.311. The molecule has 0 amide bonds. The Labute approximate surface area is 110 Å². The molecule has 19 heavy (non-hydrogen) atoms. The van der Waals surface area contributed by atoms with Gasteiger partial charge >= 0.3 is 0 Å². The molecule has 3 rings (SSSR count). The number of halogens is 1. The molecular formula is C14H14FN3O. The lowest BCUT2D eigenvalue weighted by Crippen LogP contribution is -2.44. The highest BCUT2D eigenvalue weighted by atomic mass is 19.1. The van der Waals surface area contributed by atoms with Crippen LogP contribution < -0.4 is 0 Å². The zero-order valence-corrected chi connectivity index (χ0v) is 10.8. The van der Waals surface area contributed by atoms with Crippen molar-refractivity contribution in [2.75, 3.05) is 13.6 Å². The van der Waals surface area contributed by atoms with Crippen LogP contribution in [0.2, 0.25) is 0 Å². The summed E-state index contributed by atoms with van der Waals surface area (Å²) in [5, 5.41) is 6.94. The van der Waals surface area contributed by atoms with Crippen molar-refractivity contribution in [3.63, 3.8) is 0 Å². The van der Waals surface area contributed by atoms with Crippen LogP contribution in [0, 0.1) is 5.82 Å². The van der Waals surface area contributed by atoms with Gasteiger partial charge in [-0.2, -0.15) is 5.10 Å². The zero-order valence-electron chi connectivity index (χ0n) is 10.8. The summed E-state index contributed by atoms with van der Waals surface area (Å²) in [6.07, 6.45) is 2.70. The van der Waals surface area contributed by atoms with E-state index in [2.05, 4.69) is 5.10 Å². The molecule has 0 fully saturated rings. The van der Waals surface area contributed by atoms with Gasteiger partial charge in [0.15, 0.2) is 11.8 Å². The van der Waals surface area contributed by atoms with Gasteiger partial charge in [-0.05, 0) is 36.6 Å². The number of aromatic nitrogens is 1. The molecule has 1 aromatic carbocycles. The number of nitrogens with zero attached hydrogens (tertiary/aromatic N) is 3. The first-order chi connectivity index (χ1) is 9.06. The molecule has 4 nitrogen and oxygen atoms in total. The number of hydrazone groups is 1. The molecule has 2 heterocycles. The number of hydrogen-bond donors (Lipinski definition) is 0. The van der Waals surface area contributed by atoms with E-state index in [-0.39, 0.29) is 5.82 Å². The summed E-state index contributed by atoms with van der Waals surface area (Å²) in [4.78, 5) is 11.7. The topological polar surface area (TPSA) is 37.6 Å². The molecule has 98 valence electrons.